The first kappa shape index (κ1) is 17.2. The van der Waals surface area contributed by atoms with Crippen LogP contribution in [0.3, 0.4) is 0 Å². The fourth-order valence-corrected chi connectivity index (χ4v) is 2.63. The van der Waals surface area contributed by atoms with Crippen molar-refractivity contribution in [3.63, 3.8) is 0 Å². The molecule has 114 valence electrons. The molecule has 1 heteroatoms. The van der Waals surface area contributed by atoms with Gasteiger partial charge in [0.05, 0.1) is 0 Å². The van der Waals surface area contributed by atoms with Gasteiger partial charge in [-0.2, -0.15) is 0 Å². The molecule has 0 aromatic heterocycles. The van der Waals surface area contributed by atoms with E-state index in [1.54, 1.807) is 0 Å². The third kappa shape index (κ3) is 6.09. The molecule has 0 radical (unpaired) electrons. The fourth-order valence-electron chi connectivity index (χ4n) is 2.63. The van der Waals surface area contributed by atoms with Gasteiger partial charge in [0.2, 0.25) is 0 Å². The maximum absolute atomic E-state index is 3.69. The zero-order valence-electron chi connectivity index (χ0n) is 14.3. The molecule has 0 aliphatic heterocycles. The lowest BCUT2D eigenvalue weighted by atomic mass is 9.85. The molecule has 0 saturated carbocycles. The Hall–Kier alpha value is -0.820. The van der Waals surface area contributed by atoms with Crippen LogP contribution in [0.5, 0.6) is 0 Å². The second kappa shape index (κ2) is 7.83. The highest BCUT2D eigenvalue weighted by Gasteiger charge is 2.19. The molecule has 1 nitrogen and oxygen atoms in total. The van der Waals surface area contributed by atoms with Crippen molar-refractivity contribution >= 4 is 0 Å². The second-order valence-corrected chi connectivity index (χ2v) is 7.16. The predicted molar refractivity (Wildman–Crippen MR) is 90.4 cm³/mol. The van der Waals surface area contributed by atoms with Gasteiger partial charge in [0, 0.05) is 12.1 Å². The van der Waals surface area contributed by atoms with E-state index in [1.807, 2.05) is 0 Å². The molecular formula is C19H33N. The zero-order valence-corrected chi connectivity index (χ0v) is 14.3. The highest BCUT2D eigenvalue weighted by Crippen LogP contribution is 2.27. The lowest BCUT2D eigenvalue weighted by Crippen LogP contribution is -2.38. The topological polar surface area (TPSA) is 12.0 Å². The standard InChI is InChI=1S/C19H33N/c1-7-16(8-2)13-18(14-20-19(4,5)6)17-11-9-15(3)10-12-17/h9-12,16,18,20H,7-8,13-14H2,1-6H3. The second-order valence-electron chi connectivity index (χ2n) is 7.16. The largest absolute Gasteiger partial charge is 0.311 e. The molecule has 1 N–H and O–H groups in total. The lowest BCUT2D eigenvalue weighted by molar-refractivity contribution is 0.356. The van der Waals surface area contributed by atoms with Crippen LogP contribution in [-0.2, 0) is 0 Å². The fraction of sp³-hybridized carbons (Fsp3) is 0.684. The summed E-state index contributed by atoms with van der Waals surface area (Å²) in [4.78, 5) is 0. The molecule has 1 unspecified atom stereocenters. The van der Waals surface area contributed by atoms with Crippen molar-refractivity contribution in [2.24, 2.45) is 5.92 Å². The van der Waals surface area contributed by atoms with Crippen molar-refractivity contribution in [2.75, 3.05) is 6.54 Å². The Kier molecular flexibility index (Phi) is 6.75. The van der Waals surface area contributed by atoms with Crippen LogP contribution in [0.4, 0.5) is 0 Å². The van der Waals surface area contributed by atoms with Crippen LogP contribution in [0.15, 0.2) is 24.3 Å². The third-order valence-electron chi connectivity index (χ3n) is 4.20. The molecule has 1 atom stereocenters. The van der Waals surface area contributed by atoms with Crippen LogP contribution in [0.25, 0.3) is 0 Å². The van der Waals surface area contributed by atoms with Crippen LogP contribution >= 0.6 is 0 Å². The first-order valence-electron chi connectivity index (χ1n) is 8.17. The minimum absolute atomic E-state index is 0.191. The summed E-state index contributed by atoms with van der Waals surface area (Å²) in [6.07, 6.45) is 3.86. The Balaban J connectivity index is 2.80. The van der Waals surface area contributed by atoms with E-state index >= 15 is 0 Å². The molecule has 0 heterocycles. The summed E-state index contributed by atoms with van der Waals surface area (Å²) < 4.78 is 0. The monoisotopic (exact) mass is 275 g/mol. The SMILES string of the molecule is CCC(CC)CC(CNC(C)(C)C)c1ccc(C)cc1. The van der Waals surface area contributed by atoms with Gasteiger partial charge < -0.3 is 5.32 Å². The van der Waals surface area contributed by atoms with E-state index < -0.39 is 0 Å². The van der Waals surface area contributed by atoms with Crippen LogP contribution in [0.1, 0.15) is 70.9 Å². The number of benzene rings is 1. The van der Waals surface area contributed by atoms with Crippen LogP contribution in [0, 0.1) is 12.8 Å². The summed E-state index contributed by atoms with van der Waals surface area (Å²) in [6.45, 7) is 14.6. The Bertz CT molecular complexity index is 368. The molecule has 0 saturated heterocycles. The number of hydrogen-bond donors (Lipinski definition) is 1. The van der Waals surface area contributed by atoms with Crippen molar-refractivity contribution in [3.8, 4) is 0 Å². The molecule has 1 aromatic rings. The van der Waals surface area contributed by atoms with E-state index in [0.29, 0.717) is 5.92 Å². The number of hydrogen-bond acceptors (Lipinski definition) is 1. The number of rotatable bonds is 7. The van der Waals surface area contributed by atoms with E-state index in [-0.39, 0.29) is 5.54 Å². The smallest absolute Gasteiger partial charge is 0.00967 e. The average molecular weight is 275 g/mol. The molecule has 0 aliphatic carbocycles. The predicted octanol–water partition coefficient (Wildman–Crippen LogP) is 5.29. The van der Waals surface area contributed by atoms with Crippen molar-refractivity contribution in [3.05, 3.63) is 35.4 Å². The maximum atomic E-state index is 3.69. The molecule has 0 fully saturated rings. The third-order valence-corrected chi connectivity index (χ3v) is 4.20. The summed E-state index contributed by atoms with van der Waals surface area (Å²) in [6, 6.07) is 9.11. The molecular weight excluding hydrogens is 242 g/mol. The van der Waals surface area contributed by atoms with Crippen LogP contribution in [0.2, 0.25) is 0 Å². The molecule has 0 amide bonds. The Morgan fingerprint density at radius 2 is 1.55 bits per heavy atom. The first-order valence-corrected chi connectivity index (χ1v) is 8.17. The minimum Gasteiger partial charge on any atom is -0.311 e. The van der Waals surface area contributed by atoms with Crippen molar-refractivity contribution in [1.29, 1.82) is 0 Å². The number of aryl methyl sites for hydroxylation is 1. The lowest BCUT2D eigenvalue weighted by Gasteiger charge is -2.28. The van der Waals surface area contributed by atoms with E-state index in [2.05, 4.69) is 71.1 Å². The quantitative estimate of drug-likeness (QED) is 0.712. The van der Waals surface area contributed by atoms with E-state index in [0.717, 1.165) is 12.5 Å². The van der Waals surface area contributed by atoms with Gasteiger partial charge >= 0.3 is 0 Å². The summed E-state index contributed by atoms with van der Waals surface area (Å²) in [5.74, 6) is 1.46. The Labute approximate surface area is 126 Å². The maximum Gasteiger partial charge on any atom is 0.00967 e. The van der Waals surface area contributed by atoms with Gasteiger partial charge in [-0.1, -0.05) is 56.5 Å². The average Bonchev–Trinajstić information content (AvgIpc) is 2.39. The summed E-state index contributed by atoms with van der Waals surface area (Å²) in [7, 11) is 0. The Morgan fingerprint density at radius 3 is 2.00 bits per heavy atom. The molecule has 0 aliphatic rings. The zero-order chi connectivity index (χ0) is 15.2. The summed E-state index contributed by atoms with van der Waals surface area (Å²) in [5.41, 5.74) is 3.02. The van der Waals surface area contributed by atoms with Gasteiger partial charge in [-0.05, 0) is 51.5 Å². The van der Waals surface area contributed by atoms with Gasteiger partial charge in [0.15, 0.2) is 0 Å². The first-order chi connectivity index (χ1) is 9.35. The molecule has 1 aromatic carbocycles. The number of nitrogens with one attached hydrogen (secondary N) is 1. The minimum atomic E-state index is 0.191. The van der Waals surface area contributed by atoms with Gasteiger partial charge in [-0.15, -0.1) is 0 Å². The highest BCUT2D eigenvalue weighted by molar-refractivity contribution is 5.25. The van der Waals surface area contributed by atoms with Gasteiger partial charge in [-0.3, -0.25) is 0 Å². The molecule has 20 heavy (non-hydrogen) atoms. The van der Waals surface area contributed by atoms with Gasteiger partial charge in [-0.25, -0.2) is 0 Å². The van der Waals surface area contributed by atoms with E-state index in [4.69, 9.17) is 0 Å². The highest BCUT2D eigenvalue weighted by atomic mass is 14.9. The van der Waals surface area contributed by atoms with Crippen LogP contribution in [-0.4, -0.2) is 12.1 Å². The van der Waals surface area contributed by atoms with Crippen molar-refractivity contribution < 1.29 is 0 Å². The molecule has 0 bridgehead atoms. The molecule has 1 rings (SSSR count). The normalized spacial score (nSPS) is 13.8. The van der Waals surface area contributed by atoms with Crippen LogP contribution < -0.4 is 5.32 Å². The van der Waals surface area contributed by atoms with E-state index in [9.17, 15) is 0 Å². The molecule has 0 spiro atoms. The summed E-state index contributed by atoms with van der Waals surface area (Å²) in [5, 5.41) is 3.69. The Morgan fingerprint density at radius 1 is 1.00 bits per heavy atom. The van der Waals surface area contributed by atoms with Gasteiger partial charge in [0.1, 0.15) is 0 Å². The summed E-state index contributed by atoms with van der Waals surface area (Å²) >= 11 is 0. The van der Waals surface area contributed by atoms with Crippen molar-refractivity contribution in [1.82, 2.24) is 5.32 Å². The van der Waals surface area contributed by atoms with E-state index in [1.165, 1.54) is 30.4 Å². The van der Waals surface area contributed by atoms with Crippen molar-refractivity contribution in [2.45, 2.75) is 72.3 Å². The van der Waals surface area contributed by atoms with Gasteiger partial charge in [0.25, 0.3) is 0 Å².